The molecule has 1 aromatic heterocycles. The summed E-state index contributed by atoms with van der Waals surface area (Å²) in [6.45, 7) is 12.5. The van der Waals surface area contributed by atoms with Crippen molar-refractivity contribution in [1.29, 1.82) is 0 Å². The number of likely N-dealkylation sites (tertiary alicyclic amines) is 1. The molecule has 1 fully saturated rings. The zero-order chi connectivity index (χ0) is 34.4. The number of carbonyl (C=O) groups is 5. The fraction of sp³-hybridized carbons (Fsp3) is 0.758. The number of amides is 4. The van der Waals surface area contributed by atoms with Crippen LogP contribution in [0.3, 0.4) is 0 Å². The molecule has 1 unspecified atom stereocenters. The Bertz CT molecular complexity index is 1160. The minimum absolute atomic E-state index is 0.00145. The highest BCUT2D eigenvalue weighted by atomic mass is 32.1. The van der Waals surface area contributed by atoms with Crippen LogP contribution < -0.4 is 16.4 Å². The lowest BCUT2D eigenvalue weighted by Crippen LogP contribution is -2.59. The third-order valence-corrected chi connectivity index (χ3v) is 9.82. The number of piperidine rings is 1. The molecule has 260 valence electrons. The predicted molar refractivity (Wildman–Crippen MR) is 179 cm³/mol. The topological polar surface area (TPSA) is 164 Å². The highest BCUT2D eigenvalue weighted by Gasteiger charge is 2.37. The summed E-state index contributed by atoms with van der Waals surface area (Å²) in [5.41, 5.74) is 5.59. The van der Waals surface area contributed by atoms with E-state index in [1.165, 1.54) is 11.3 Å². The number of nitrogens with zero attached hydrogens (tertiary/aromatic N) is 3. The molecule has 1 aliphatic rings. The largest absolute Gasteiger partial charge is 0.444 e. The second-order valence-corrected chi connectivity index (χ2v) is 13.8. The lowest BCUT2D eigenvalue weighted by atomic mass is 9.93. The van der Waals surface area contributed by atoms with Crippen molar-refractivity contribution in [3.63, 3.8) is 0 Å². The van der Waals surface area contributed by atoms with E-state index in [0.29, 0.717) is 44.3 Å². The van der Waals surface area contributed by atoms with Crippen LogP contribution in [-0.4, -0.2) is 89.4 Å². The molecule has 2 heterocycles. The van der Waals surface area contributed by atoms with Gasteiger partial charge in [-0.2, -0.15) is 0 Å². The van der Waals surface area contributed by atoms with Crippen molar-refractivity contribution in [2.75, 3.05) is 26.9 Å². The first-order chi connectivity index (χ1) is 21.8. The highest BCUT2D eigenvalue weighted by molar-refractivity contribution is 7.09. The van der Waals surface area contributed by atoms with E-state index >= 15 is 0 Å². The van der Waals surface area contributed by atoms with E-state index in [0.717, 1.165) is 30.8 Å². The molecular weight excluding hydrogens is 608 g/mol. The molecule has 0 spiro atoms. The number of hydrogen-bond donors (Lipinski definition) is 3. The van der Waals surface area contributed by atoms with Gasteiger partial charge in [-0.25, -0.2) is 4.98 Å². The number of nitrogens with one attached hydrogen (secondary N) is 2. The van der Waals surface area contributed by atoms with E-state index in [2.05, 4.69) is 15.6 Å². The molecule has 0 aromatic carbocycles. The van der Waals surface area contributed by atoms with Gasteiger partial charge in [0.25, 0.3) is 5.91 Å². The number of aryl methyl sites for hydroxylation is 1. The number of carbonyl (C=O) groups excluding carboxylic acids is 5. The van der Waals surface area contributed by atoms with Gasteiger partial charge in [0.15, 0.2) is 6.73 Å². The number of likely N-dealkylation sites (N-methyl/N-ethyl adjacent to an activating group) is 1. The fourth-order valence-electron chi connectivity index (χ4n) is 5.54. The summed E-state index contributed by atoms with van der Waals surface area (Å²) in [6, 6.07) is -1.38. The fourth-order valence-corrected chi connectivity index (χ4v) is 6.34. The summed E-state index contributed by atoms with van der Waals surface area (Å²) >= 11 is 1.36. The number of thiazole rings is 1. The Balaban J connectivity index is 2.23. The molecule has 13 heteroatoms. The Hall–Kier alpha value is -3.06. The average Bonchev–Trinajstić information content (AvgIpc) is 3.49. The van der Waals surface area contributed by atoms with Crippen molar-refractivity contribution in [3.05, 3.63) is 16.1 Å². The third-order valence-electron chi connectivity index (χ3n) is 8.91. The van der Waals surface area contributed by atoms with Crippen LogP contribution in [0.1, 0.15) is 108 Å². The Morgan fingerprint density at radius 2 is 1.85 bits per heavy atom. The first kappa shape index (κ1) is 39.1. The summed E-state index contributed by atoms with van der Waals surface area (Å²) in [6.07, 6.45) is 5.78. The number of ether oxygens (including phenoxy) is 1. The normalized spacial score (nSPS) is 17.9. The van der Waals surface area contributed by atoms with Crippen LogP contribution in [0.4, 0.5) is 0 Å². The van der Waals surface area contributed by atoms with E-state index in [1.807, 2.05) is 46.6 Å². The molecule has 0 radical (unpaired) electrons. The zero-order valence-electron chi connectivity index (χ0n) is 28.8. The first-order valence-corrected chi connectivity index (χ1v) is 17.7. The molecule has 12 nitrogen and oxygen atoms in total. The Kier molecular flexibility index (Phi) is 16.6. The minimum Gasteiger partial charge on any atom is -0.444 e. The zero-order valence-corrected chi connectivity index (χ0v) is 29.6. The molecule has 1 saturated heterocycles. The van der Waals surface area contributed by atoms with Crippen LogP contribution in [0.25, 0.3) is 0 Å². The number of nitrogens with two attached hydrogens (primary N) is 1. The Morgan fingerprint density at radius 1 is 1.13 bits per heavy atom. The van der Waals surface area contributed by atoms with Gasteiger partial charge in [0.05, 0.1) is 11.0 Å². The van der Waals surface area contributed by atoms with Gasteiger partial charge in [0, 0.05) is 36.7 Å². The quantitative estimate of drug-likeness (QED) is 0.149. The van der Waals surface area contributed by atoms with Crippen LogP contribution in [0.2, 0.25) is 0 Å². The summed E-state index contributed by atoms with van der Waals surface area (Å²) in [7, 11) is 1.94. The van der Waals surface area contributed by atoms with Crippen LogP contribution in [0.15, 0.2) is 5.38 Å². The van der Waals surface area contributed by atoms with Crippen molar-refractivity contribution in [3.8, 4) is 0 Å². The van der Waals surface area contributed by atoms with Crippen molar-refractivity contribution in [2.24, 2.45) is 23.5 Å². The predicted octanol–water partition coefficient (Wildman–Crippen LogP) is 3.49. The summed E-state index contributed by atoms with van der Waals surface area (Å²) in [5, 5.41) is 8.30. The molecular formula is C33H56N6O6S. The van der Waals surface area contributed by atoms with Gasteiger partial charge in [-0.05, 0) is 57.5 Å². The standard InChI is InChI=1S/C33H56N6O6S/c1-8-12-28(40)45-20-39(33(44)29(22(5)9-2)37-32(43)26-13-10-11-18-38(26)7)25(21(3)4)14-15-27-36-24(19-46-27)31(42)35-17-16-23(6)30(34)41/h19,21-23,25-26,29H,8-18,20H2,1-7H3,(H2,34,41)(H,35,42)(H,37,43)/t22?,23-,25+,26+,29-/m0/s1. The lowest BCUT2D eigenvalue weighted by molar-refractivity contribution is -0.159. The molecule has 5 atom stereocenters. The van der Waals surface area contributed by atoms with Gasteiger partial charge in [-0.3, -0.25) is 28.9 Å². The lowest BCUT2D eigenvalue weighted by Gasteiger charge is -2.39. The number of hydrogen-bond acceptors (Lipinski definition) is 9. The van der Waals surface area contributed by atoms with Crippen LogP contribution >= 0.6 is 11.3 Å². The Labute approximate surface area is 278 Å². The van der Waals surface area contributed by atoms with Gasteiger partial charge in [-0.1, -0.05) is 54.4 Å². The monoisotopic (exact) mass is 664 g/mol. The summed E-state index contributed by atoms with van der Waals surface area (Å²) in [5.74, 6) is -2.01. The van der Waals surface area contributed by atoms with Crippen LogP contribution in [0.5, 0.6) is 0 Å². The van der Waals surface area contributed by atoms with Gasteiger partial charge in [-0.15, -0.1) is 11.3 Å². The van der Waals surface area contributed by atoms with Gasteiger partial charge in [0.2, 0.25) is 17.7 Å². The number of rotatable bonds is 19. The SMILES string of the molecule is CCCC(=O)OCN(C(=O)[C@@H](NC(=O)[C@H]1CCCCN1C)C(C)CC)[C@H](CCc1nc(C(=O)NCC[C@H](C)C(N)=O)cs1)C(C)C. The molecule has 0 aliphatic carbocycles. The van der Waals surface area contributed by atoms with Gasteiger partial charge < -0.3 is 26.0 Å². The number of esters is 1. The second kappa shape index (κ2) is 19.6. The van der Waals surface area contributed by atoms with Gasteiger partial charge >= 0.3 is 5.97 Å². The van der Waals surface area contributed by atoms with E-state index in [1.54, 1.807) is 17.2 Å². The molecule has 1 aromatic rings. The molecule has 0 bridgehead atoms. The van der Waals surface area contributed by atoms with Crippen molar-refractivity contribution < 1.29 is 28.7 Å². The maximum Gasteiger partial charge on any atom is 0.307 e. The van der Waals surface area contributed by atoms with E-state index in [4.69, 9.17) is 10.5 Å². The summed E-state index contributed by atoms with van der Waals surface area (Å²) < 4.78 is 5.61. The first-order valence-electron chi connectivity index (χ1n) is 16.8. The maximum absolute atomic E-state index is 14.4. The van der Waals surface area contributed by atoms with E-state index in [-0.39, 0.29) is 66.7 Å². The maximum atomic E-state index is 14.4. The molecule has 46 heavy (non-hydrogen) atoms. The van der Waals surface area contributed by atoms with Gasteiger partial charge in [0.1, 0.15) is 11.7 Å². The van der Waals surface area contributed by atoms with Crippen LogP contribution in [0, 0.1) is 17.8 Å². The number of primary amides is 1. The molecule has 0 saturated carbocycles. The molecule has 2 rings (SSSR count). The average molecular weight is 665 g/mol. The van der Waals surface area contributed by atoms with E-state index in [9.17, 15) is 24.0 Å². The van der Waals surface area contributed by atoms with Crippen molar-refractivity contribution >= 4 is 40.9 Å². The smallest absolute Gasteiger partial charge is 0.307 e. The molecule has 4 amide bonds. The van der Waals surface area contributed by atoms with Crippen LogP contribution in [-0.2, 0) is 30.3 Å². The number of aromatic nitrogens is 1. The molecule has 4 N–H and O–H groups in total. The summed E-state index contributed by atoms with van der Waals surface area (Å²) in [4.78, 5) is 72.3. The van der Waals surface area contributed by atoms with Crippen molar-refractivity contribution in [2.45, 2.75) is 117 Å². The molecule has 1 aliphatic heterocycles. The van der Waals surface area contributed by atoms with E-state index < -0.39 is 11.9 Å². The minimum atomic E-state index is -0.772. The Morgan fingerprint density at radius 3 is 2.46 bits per heavy atom. The third kappa shape index (κ3) is 11.9. The highest BCUT2D eigenvalue weighted by Crippen LogP contribution is 2.24. The second-order valence-electron chi connectivity index (χ2n) is 12.9. The van der Waals surface area contributed by atoms with Crippen molar-refractivity contribution in [1.82, 2.24) is 25.4 Å².